The molecular formula is C16H22N4OS. The molecule has 2 N–H and O–H groups in total. The number of nitrogens with two attached hydrogens (primary N) is 1. The second-order valence-electron chi connectivity index (χ2n) is 5.89. The summed E-state index contributed by atoms with van der Waals surface area (Å²) < 4.78 is 5.73. The van der Waals surface area contributed by atoms with Gasteiger partial charge in [-0.3, -0.25) is 0 Å². The van der Waals surface area contributed by atoms with Crippen LogP contribution in [0.5, 0.6) is 5.75 Å². The first-order chi connectivity index (χ1) is 10.4. The third kappa shape index (κ3) is 4.59. The van der Waals surface area contributed by atoms with E-state index in [2.05, 4.69) is 47.9 Å². The van der Waals surface area contributed by atoms with E-state index in [1.54, 1.807) is 0 Å². The Bertz CT molecular complexity index is 623. The molecule has 0 fully saturated rings. The lowest BCUT2D eigenvalue weighted by molar-refractivity contribution is 0.294. The third-order valence-corrected chi connectivity index (χ3v) is 3.77. The van der Waals surface area contributed by atoms with Gasteiger partial charge in [0, 0.05) is 0 Å². The molecule has 0 bridgehead atoms. The van der Waals surface area contributed by atoms with Crippen LogP contribution in [0.2, 0.25) is 0 Å². The molecule has 0 aliphatic rings. The van der Waals surface area contributed by atoms with Crippen molar-refractivity contribution in [3.05, 3.63) is 35.7 Å². The fourth-order valence-electron chi connectivity index (χ4n) is 1.87. The molecule has 6 heteroatoms. The Morgan fingerprint density at radius 3 is 2.36 bits per heavy atom. The van der Waals surface area contributed by atoms with Crippen LogP contribution in [0.25, 0.3) is 0 Å². The summed E-state index contributed by atoms with van der Waals surface area (Å²) in [7, 11) is 0. The zero-order chi connectivity index (χ0) is 16.2. The fourth-order valence-corrected chi connectivity index (χ4v) is 2.46. The molecule has 22 heavy (non-hydrogen) atoms. The van der Waals surface area contributed by atoms with Crippen molar-refractivity contribution >= 4 is 17.7 Å². The van der Waals surface area contributed by atoms with Gasteiger partial charge in [0.15, 0.2) is 11.0 Å². The van der Waals surface area contributed by atoms with Crippen LogP contribution < -0.4 is 10.5 Å². The van der Waals surface area contributed by atoms with Gasteiger partial charge in [-0.15, -0.1) is 0 Å². The molecule has 0 radical (unpaired) electrons. The van der Waals surface area contributed by atoms with Gasteiger partial charge in [0.25, 0.3) is 0 Å². The standard InChI is InChI=1S/C16H22N4OS/c1-5-22-15-19-13(18-14(17)20-15)10-21-12-8-6-11(7-9-12)16(2,3)4/h6-9H,5,10H2,1-4H3,(H2,17,18,19,20). The SMILES string of the molecule is CCSc1nc(N)nc(COc2ccc(C(C)(C)C)cc2)n1. The maximum Gasteiger partial charge on any atom is 0.224 e. The molecule has 0 saturated carbocycles. The highest BCUT2D eigenvalue weighted by molar-refractivity contribution is 7.99. The van der Waals surface area contributed by atoms with Crippen LogP contribution >= 0.6 is 11.8 Å². The minimum Gasteiger partial charge on any atom is -0.486 e. The number of aromatic nitrogens is 3. The molecule has 118 valence electrons. The number of nitrogen functional groups attached to an aromatic ring is 1. The monoisotopic (exact) mass is 318 g/mol. The lowest BCUT2D eigenvalue weighted by atomic mass is 9.87. The second kappa shape index (κ2) is 6.96. The predicted molar refractivity (Wildman–Crippen MR) is 90.1 cm³/mol. The van der Waals surface area contributed by atoms with Gasteiger partial charge in [-0.2, -0.15) is 9.97 Å². The number of ether oxygens (including phenoxy) is 1. The van der Waals surface area contributed by atoms with E-state index in [1.807, 2.05) is 19.1 Å². The van der Waals surface area contributed by atoms with Crippen LogP contribution in [0, 0.1) is 0 Å². The number of nitrogens with zero attached hydrogens (tertiary/aromatic N) is 3. The Kier molecular flexibility index (Phi) is 5.24. The highest BCUT2D eigenvalue weighted by Crippen LogP contribution is 2.24. The van der Waals surface area contributed by atoms with Gasteiger partial charge in [-0.1, -0.05) is 51.6 Å². The van der Waals surface area contributed by atoms with Gasteiger partial charge in [-0.25, -0.2) is 4.98 Å². The predicted octanol–water partition coefficient (Wildman–Crippen LogP) is 3.44. The van der Waals surface area contributed by atoms with Crippen molar-refractivity contribution in [3.63, 3.8) is 0 Å². The van der Waals surface area contributed by atoms with Gasteiger partial charge < -0.3 is 10.5 Å². The summed E-state index contributed by atoms with van der Waals surface area (Å²) in [5.41, 5.74) is 7.10. The average Bonchev–Trinajstić information content (AvgIpc) is 2.44. The molecule has 0 amide bonds. The van der Waals surface area contributed by atoms with E-state index in [0.29, 0.717) is 11.0 Å². The van der Waals surface area contributed by atoms with Crippen LogP contribution in [0.1, 0.15) is 39.1 Å². The number of hydrogen-bond acceptors (Lipinski definition) is 6. The zero-order valence-corrected chi connectivity index (χ0v) is 14.3. The Morgan fingerprint density at radius 2 is 1.77 bits per heavy atom. The zero-order valence-electron chi connectivity index (χ0n) is 13.5. The summed E-state index contributed by atoms with van der Waals surface area (Å²) in [6, 6.07) is 8.09. The van der Waals surface area contributed by atoms with E-state index < -0.39 is 0 Å². The second-order valence-corrected chi connectivity index (χ2v) is 7.12. The number of anilines is 1. The molecule has 5 nitrogen and oxygen atoms in total. The quantitative estimate of drug-likeness (QED) is 0.851. The van der Waals surface area contributed by atoms with Crippen molar-refractivity contribution in [3.8, 4) is 5.75 Å². The summed E-state index contributed by atoms with van der Waals surface area (Å²) >= 11 is 1.53. The maximum atomic E-state index is 5.73. The summed E-state index contributed by atoms with van der Waals surface area (Å²) in [4.78, 5) is 12.5. The Labute approximate surface area is 135 Å². The molecular weight excluding hydrogens is 296 g/mol. The molecule has 0 unspecified atom stereocenters. The number of benzene rings is 1. The minimum absolute atomic E-state index is 0.132. The molecule has 0 saturated heterocycles. The fraction of sp³-hybridized carbons (Fsp3) is 0.438. The van der Waals surface area contributed by atoms with E-state index in [4.69, 9.17) is 10.5 Å². The summed E-state index contributed by atoms with van der Waals surface area (Å²) in [6.45, 7) is 8.87. The topological polar surface area (TPSA) is 73.9 Å². The lowest BCUT2D eigenvalue weighted by Gasteiger charge is -2.19. The first-order valence-electron chi connectivity index (χ1n) is 7.25. The molecule has 2 rings (SSSR count). The van der Waals surface area contributed by atoms with Crippen molar-refractivity contribution < 1.29 is 4.74 Å². The summed E-state index contributed by atoms with van der Waals surface area (Å²) in [5.74, 6) is 2.45. The molecule has 0 spiro atoms. The van der Waals surface area contributed by atoms with Crippen molar-refractivity contribution in [2.45, 2.75) is 44.9 Å². The average molecular weight is 318 g/mol. The van der Waals surface area contributed by atoms with Crippen LogP contribution in [-0.4, -0.2) is 20.7 Å². The van der Waals surface area contributed by atoms with Gasteiger partial charge in [-0.05, 0) is 28.9 Å². The van der Waals surface area contributed by atoms with Crippen LogP contribution in [0.15, 0.2) is 29.4 Å². The first kappa shape index (κ1) is 16.5. The largest absolute Gasteiger partial charge is 0.486 e. The first-order valence-corrected chi connectivity index (χ1v) is 8.23. The van der Waals surface area contributed by atoms with Crippen LogP contribution in [-0.2, 0) is 12.0 Å². The molecule has 1 heterocycles. The van der Waals surface area contributed by atoms with Gasteiger partial charge >= 0.3 is 0 Å². The third-order valence-electron chi connectivity index (χ3n) is 3.04. The Morgan fingerprint density at radius 1 is 1.09 bits per heavy atom. The minimum atomic E-state index is 0.132. The molecule has 2 aromatic rings. The maximum absolute atomic E-state index is 5.73. The van der Waals surface area contributed by atoms with E-state index in [-0.39, 0.29) is 18.0 Å². The van der Waals surface area contributed by atoms with Gasteiger partial charge in [0.05, 0.1) is 0 Å². The summed E-state index contributed by atoms with van der Waals surface area (Å²) in [5, 5.41) is 0.636. The normalized spacial score (nSPS) is 11.5. The Balaban J connectivity index is 2.04. The molecule has 0 aliphatic heterocycles. The van der Waals surface area contributed by atoms with E-state index in [1.165, 1.54) is 17.3 Å². The van der Waals surface area contributed by atoms with Crippen LogP contribution in [0.3, 0.4) is 0 Å². The van der Waals surface area contributed by atoms with Crippen molar-refractivity contribution in [1.82, 2.24) is 15.0 Å². The smallest absolute Gasteiger partial charge is 0.224 e. The van der Waals surface area contributed by atoms with E-state index >= 15 is 0 Å². The Hall–Kier alpha value is -1.82. The highest BCUT2D eigenvalue weighted by Gasteiger charge is 2.13. The van der Waals surface area contributed by atoms with Gasteiger partial charge in [0.2, 0.25) is 5.95 Å². The van der Waals surface area contributed by atoms with Crippen molar-refractivity contribution in [2.24, 2.45) is 0 Å². The van der Waals surface area contributed by atoms with Crippen molar-refractivity contribution in [2.75, 3.05) is 11.5 Å². The van der Waals surface area contributed by atoms with E-state index in [0.717, 1.165) is 11.5 Å². The summed E-state index contributed by atoms with van der Waals surface area (Å²) in [6.07, 6.45) is 0. The number of thioether (sulfide) groups is 1. The number of hydrogen-bond donors (Lipinski definition) is 1. The van der Waals surface area contributed by atoms with Gasteiger partial charge in [0.1, 0.15) is 12.4 Å². The van der Waals surface area contributed by atoms with Crippen LogP contribution in [0.4, 0.5) is 5.95 Å². The van der Waals surface area contributed by atoms with E-state index in [9.17, 15) is 0 Å². The molecule has 1 aromatic heterocycles. The molecule has 0 aliphatic carbocycles. The molecule has 0 atom stereocenters. The lowest BCUT2D eigenvalue weighted by Crippen LogP contribution is -2.11. The highest BCUT2D eigenvalue weighted by atomic mass is 32.2. The molecule has 1 aromatic carbocycles. The van der Waals surface area contributed by atoms with Crippen molar-refractivity contribution in [1.29, 1.82) is 0 Å². The number of rotatable bonds is 5.